The third-order valence-electron chi connectivity index (χ3n) is 1.47. The summed E-state index contributed by atoms with van der Waals surface area (Å²) in [6.07, 6.45) is 0. The molecule has 0 fully saturated rings. The molecule has 0 N–H and O–H groups in total. The molecule has 0 heterocycles. The third-order valence-corrected chi connectivity index (χ3v) is 2.43. The van der Waals surface area contributed by atoms with Crippen molar-refractivity contribution in [1.82, 2.24) is 0 Å². The summed E-state index contributed by atoms with van der Waals surface area (Å²) in [6.45, 7) is 0. The molecule has 4 nitrogen and oxygen atoms in total. The fourth-order valence-corrected chi connectivity index (χ4v) is 1.70. The molecule has 0 aliphatic carbocycles. The van der Waals surface area contributed by atoms with Crippen molar-refractivity contribution in [3.63, 3.8) is 0 Å². The minimum atomic E-state index is -1.08. The molecule has 0 aliphatic rings. The van der Waals surface area contributed by atoms with Crippen LogP contribution in [0.4, 0.5) is 10.1 Å². The summed E-state index contributed by atoms with van der Waals surface area (Å²) < 4.78 is 12.6. The number of nitrogens with zero attached hydrogens (tertiary/aromatic N) is 1. The van der Waals surface area contributed by atoms with Crippen molar-refractivity contribution < 1.29 is 14.1 Å². The Hall–Kier alpha value is -1.01. The molecule has 1 aromatic carbocycles. The van der Waals surface area contributed by atoms with Gasteiger partial charge in [-0.1, -0.05) is 0 Å². The average molecular weight is 282 g/mol. The molecule has 74 valence electrons. The Balaban J connectivity index is 3.53. The van der Waals surface area contributed by atoms with Gasteiger partial charge in [-0.05, 0) is 33.6 Å². The van der Waals surface area contributed by atoms with Gasteiger partial charge < -0.3 is 0 Å². The zero-order valence-corrected chi connectivity index (χ0v) is 8.80. The fraction of sp³-hybridized carbons (Fsp3) is 0. The van der Waals surface area contributed by atoms with E-state index >= 15 is 0 Å². The van der Waals surface area contributed by atoms with Crippen molar-refractivity contribution in [3.05, 3.63) is 38.1 Å². The Labute approximate surface area is 90.9 Å². The fourth-order valence-electron chi connectivity index (χ4n) is 0.880. The SMILES string of the molecule is O=C(Cl)c1c([N+](=O)[O-])ccc(F)c1Br. The van der Waals surface area contributed by atoms with Crippen molar-refractivity contribution in [2.45, 2.75) is 0 Å². The maximum Gasteiger partial charge on any atom is 0.282 e. The molecular weight excluding hydrogens is 280 g/mol. The average Bonchev–Trinajstić information content (AvgIpc) is 2.08. The summed E-state index contributed by atoms with van der Waals surface area (Å²) in [7, 11) is 0. The van der Waals surface area contributed by atoms with Crippen LogP contribution in [-0.4, -0.2) is 10.2 Å². The maximum atomic E-state index is 12.9. The number of carbonyl (C=O) groups excluding carboxylic acids is 1. The molecule has 0 amide bonds. The van der Waals surface area contributed by atoms with Crippen molar-refractivity contribution in [3.8, 4) is 0 Å². The molecule has 0 radical (unpaired) electrons. The Morgan fingerprint density at radius 1 is 1.57 bits per heavy atom. The first-order valence-electron chi connectivity index (χ1n) is 3.27. The number of halogens is 3. The van der Waals surface area contributed by atoms with E-state index in [0.717, 1.165) is 12.1 Å². The van der Waals surface area contributed by atoms with Crippen LogP contribution < -0.4 is 0 Å². The largest absolute Gasteiger partial charge is 0.282 e. The molecule has 0 aromatic heterocycles. The molecule has 0 saturated carbocycles. The lowest BCUT2D eigenvalue weighted by molar-refractivity contribution is -0.385. The van der Waals surface area contributed by atoms with E-state index in [1.54, 1.807) is 0 Å². The van der Waals surface area contributed by atoms with Crippen LogP contribution in [0.25, 0.3) is 0 Å². The van der Waals surface area contributed by atoms with Gasteiger partial charge >= 0.3 is 0 Å². The van der Waals surface area contributed by atoms with Gasteiger partial charge in [0.05, 0.1) is 9.40 Å². The summed E-state index contributed by atoms with van der Waals surface area (Å²) in [5.74, 6) is -0.778. The van der Waals surface area contributed by atoms with Crippen molar-refractivity contribution in [2.75, 3.05) is 0 Å². The highest BCUT2D eigenvalue weighted by molar-refractivity contribution is 9.10. The maximum absolute atomic E-state index is 12.9. The van der Waals surface area contributed by atoms with Crippen LogP contribution in [0.5, 0.6) is 0 Å². The van der Waals surface area contributed by atoms with Gasteiger partial charge in [-0.15, -0.1) is 0 Å². The summed E-state index contributed by atoms with van der Waals surface area (Å²) in [5, 5.41) is 9.36. The van der Waals surface area contributed by atoms with Crippen LogP contribution >= 0.6 is 27.5 Å². The van der Waals surface area contributed by atoms with Crippen molar-refractivity contribution in [1.29, 1.82) is 0 Å². The number of hydrogen-bond acceptors (Lipinski definition) is 3. The van der Waals surface area contributed by atoms with E-state index in [1.165, 1.54) is 0 Å². The number of hydrogen-bond donors (Lipinski definition) is 0. The Morgan fingerprint density at radius 3 is 2.57 bits per heavy atom. The molecule has 0 unspecified atom stereocenters. The van der Waals surface area contributed by atoms with Crippen LogP contribution in [0, 0.1) is 15.9 Å². The Morgan fingerprint density at radius 2 is 2.14 bits per heavy atom. The second-order valence-electron chi connectivity index (χ2n) is 2.29. The summed E-state index contributed by atoms with van der Waals surface area (Å²) >= 11 is 7.80. The first kappa shape index (κ1) is 11.1. The van der Waals surface area contributed by atoms with E-state index in [0.29, 0.717) is 0 Å². The predicted molar refractivity (Wildman–Crippen MR) is 50.9 cm³/mol. The minimum Gasteiger partial charge on any atom is -0.275 e. The molecule has 7 heteroatoms. The Kier molecular flexibility index (Phi) is 3.17. The van der Waals surface area contributed by atoms with Gasteiger partial charge in [0, 0.05) is 6.07 Å². The van der Waals surface area contributed by atoms with E-state index in [2.05, 4.69) is 15.9 Å². The molecule has 14 heavy (non-hydrogen) atoms. The second-order valence-corrected chi connectivity index (χ2v) is 3.42. The van der Waals surface area contributed by atoms with E-state index in [4.69, 9.17) is 11.6 Å². The first-order valence-corrected chi connectivity index (χ1v) is 4.44. The zero-order valence-electron chi connectivity index (χ0n) is 6.46. The summed E-state index contributed by atoms with van der Waals surface area (Å²) in [4.78, 5) is 20.4. The van der Waals surface area contributed by atoms with Gasteiger partial charge in [0.25, 0.3) is 10.9 Å². The molecule has 0 bridgehead atoms. The van der Waals surface area contributed by atoms with Gasteiger partial charge in [-0.3, -0.25) is 14.9 Å². The molecule has 0 atom stereocenters. The number of nitro groups is 1. The number of nitro benzene ring substituents is 1. The van der Waals surface area contributed by atoms with Crippen molar-refractivity contribution >= 4 is 38.5 Å². The van der Waals surface area contributed by atoms with Crippen LogP contribution in [0.1, 0.15) is 10.4 Å². The predicted octanol–water partition coefficient (Wildman–Crippen LogP) is 2.88. The molecular formula is C7H2BrClFNO3. The van der Waals surface area contributed by atoms with Crippen LogP contribution in [0.15, 0.2) is 16.6 Å². The number of rotatable bonds is 2. The van der Waals surface area contributed by atoms with Crippen LogP contribution in [0.3, 0.4) is 0 Å². The van der Waals surface area contributed by atoms with Crippen LogP contribution in [0.2, 0.25) is 0 Å². The van der Waals surface area contributed by atoms with Crippen LogP contribution in [-0.2, 0) is 0 Å². The molecule has 1 aromatic rings. The highest BCUT2D eigenvalue weighted by Gasteiger charge is 2.24. The zero-order chi connectivity index (χ0) is 10.9. The standard InChI is InChI=1S/C7H2BrClFNO3/c8-6-3(10)1-2-4(11(13)14)5(6)7(9)12/h1-2H. The second kappa shape index (κ2) is 4.02. The van der Waals surface area contributed by atoms with Gasteiger partial charge in [-0.25, -0.2) is 4.39 Å². The monoisotopic (exact) mass is 281 g/mol. The molecule has 1 rings (SSSR count). The van der Waals surface area contributed by atoms with E-state index in [-0.39, 0.29) is 4.47 Å². The van der Waals surface area contributed by atoms with E-state index in [1.807, 2.05) is 0 Å². The van der Waals surface area contributed by atoms with Gasteiger partial charge in [0.1, 0.15) is 11.4 Å². The minimum absolute atomic E-state index is 0.299. The normalized spacial score (nSPS) is 9.93. The first-order chi connectivity index (χ1) is 6.45. The lowest BCUT2D eigenvalue weighted by Gasteiger charge is -2.01. The lowest BCUT2D eigenvalue weighted by Crippen LogP contribution is -2.01. The topological polar surface area (TPSA) is 60.2 Å². The molecule has 0 saturated heterocycles. The smallest absolute Gasteiger partial charge is 0.275 e. The van der Waals surface area contributed by atoms with E-state index in [9.17, 15) is 19.3 Å². The van der Waals surface area contributed by atoms with Crippen molar-refractivity contribution in [2.24, 2.45) is 0 Å². The van der Waals surface area contributed by atoms with Gasteiger partial charge in [0.2, 0.25) is 0 Å². The highest BCUT2D eigenvalue weighted by Crippen LogP contribution is 2.30. The Bertz CT molecular complexity index is 424. The van der Waals surface area contributed by atoms with Gasteiger partial charge in [-0.2, -0.15) is 0 Å². The number of carbonyl (C=O) groups is 1. The molecule has 0 aliphatic heterocycles. The number of benzene rings is 1. The highest BCUT2D eigenvalue weighted by atomic mass is 79.9. The van der Waals surface area contributed by atoms with E-state index < -0.39 is 27.2 Å². The lowest BCUT2D eigenvalue weighted by atomic mass is 10.2. The summed E-state index contributed by atoms with van der Waals surface area (Å²) in [6, 6.07) is 1.77. The molecule has 0 spiro atoms. The third kappa shape index (κ3) is 1.91. The van der Waals surface area contributed by atoms with Gasteiger partial charge in [0.15, 0.2) is 0 Å². The summed E-state index contributed by atoms with van der Waals surface area (Å²) in [5.41, 5.74) is -1.00. The quantitative estimate of drug-likeness (QED) is 0.476.